The van der Waals surface area contributed by atoms with E-state index in [2.05, 4.69) is 10.6 Å². The summed E-state index contributed by atoms with van der Waals surface area (Å²) in [5.74, 6) is -3.31. The Morgan fingerprint density at radius 2 is 1.82 bits per heavy atom. The summed E-state index contributed by atoms with van der Waals surface area (Å²) in [6.07, 6.45) is 9.27. The van der Waals surface area contributed by atoms with Crippen molar-refractivity contribution < 1.29 is 29.0 Å². The predicted octanol–water partition coefficient (Wildman–Crippen LogP) is 5.92. The third-order valence-electron chi connectivity index (χ3n) is 7.01. The zero-order chi connectivity index (χ0) is 27.9. The zero-order valence-corrected chi connectivity index (χ0v) is 23.8. The Labute approximate surface area is 236 Å². The maximum Gasteiger partial charge on any atom is 0.341 e. The van der Waals surface area contributed by atoms with E-state index < -0.39 is 29.0 Å². The van der Waals surface area contributed by atoms with E-state index in [0.717, 1.165) is 47.4 Å². The van der Waals surface area contributed by atoms with Crippen molar-refractivity contribution in [1.29, 1.82) is 0 Å². The Balaban J connectivity index is 1.43. The van der Waals surface area contributed by atoms with Gasteiger partial charge >= 0.3 is 11.9 Å². The molecule has 1 aromatic carbocycles. The molecule has 208 valence electrons. The van der Waals surface area contributed by atoms with Gasteiger partial charge in [0.05, 0.1) is 29.3 Å². The molecular formula is C29H34N2O6S2. The van der Waals surface area contributed by atoms with Crippen LogP contribution in [0.1, 0.15) is 66.8 Å². The summed E-state index contributed by atoms with van der Waals surface area (Å²) in [5, 5.41) is 15.4. The molecule has 39 heavy (non-hydrogen) atoms. The highest BCUT2D eigenvalue weighted by atomic mass is 32.2. The third kappa shape index (κ3) is 7.10. The van der Waals surface area contributed by atoms with Crippen molar-refractivity contribution >= 4 is 57.5 Å². The van der Waals surface area contributed by atoms with Crippen LogP contribution in [-0.4, -0.2) is 40.7 Å². The van der Waals surface area contributed by atoms with Gasteiger partial charge in [0.25, 0.3) is 0 Å². The molecule has 0 radical (unpaired) electrons. The third-order valence-corrected chi connectivity index (χ3v) is 9.31. The van der Waals surface area contributed by atoms with Gasteiger partial charge in [0.15, 0.2) is 0 Å². The number of hydrogen-bond donors (Lipinski definition) is 3. The van der Waals surface area contributed by atoms with E-state index in [1.807, 2.05) is 12.1 Å². The molecule has 0 fully saturated rings. The Morgan fingerprint density at radius 1 is 1.08 bits per heavy atom. The molecule has 2 aliphatic carbocycles. The highest BCUT2D eigenvalue weighted by Gasteiger charge is 2.34. The summed E-state index contributed by atoms with van der Waals surface area (Å²) >= 11 is 2.81. The first kappa shape index (κ1) is 28.9. The number of nitrogens with one attached hydrogen (secondary N) is 2. The zero-order valence-electron chi connectivity index (χ0n) is 22.2. The first-order chi connectivity index (χ1) is 18.8. The van der Waals surface area contributed by atoms with Gasteiger partial charge in [0.2, 0.25) is 11.8 Å². The minimum absolute atomic E-state index is 0.227. The molecule has 2 aliphatic rings. The molecular weight excluding hydrogens is 536 g/mol. The fourth-order valence-corrected chi connectivity index (χ4v) is 7.19. The molecule has 0 aliphatic heterocycles. The predicted molar refractivity (Wildman–Crippen MR) is 154 cm³/mol. The van der Waals surface area contributed by atoms with Crippen molar-refractivity contribution in [3.8, 4) is 0 Å². The normalized spacial score (nSPS) is 19.3. The number of anilines is 2. The number of thioether (sulfide) groups is 1. The monoisotopic (exact) mass is 570 g/mol. The molecule has 0 saturated heterocycles. The van der Waals surface area contributed by atoms with Crippen molar-refractivity contribution in [3.63, 3.8) is 0 Å². The Hall–Kier alpha value is -3.11. The van der Waals surface area contributed by atoms with Gasteiger partial charge in [-0.3, -0.25) is 14.4 Å². The highest BCUT2D eigenvalue weighted by molar-refractivity contribution is 8.00. The van der Waals surface area contributed by atoms with E-state index >= 15 is 0 Å². The van der Waals surface area contributed by atoms with E-state index in [1.165, 1.54) is 23.1 Å². The average Bonchev–Trinajstić information content (AvgIpc) is 3.08. The van der Waals surface area contributed by atoms with Crippen LogP contribution in [0, 0.1) is 11.8 Å². The fraction of sp³-hybridized carbons (Fsp3) is 0.448. The van der Waals surface area contributed by atoms with Gasteiger partial charge in [-0.1, -0.05) is 24.6 Å². The first-order valence-corrected chi connectivity index (χ1v) is 15.1. The van der Waals surface area contributed by atoms with E-state index in [4.69, 9.17) is 4.74 Å². The Kier molecular flexibility index (Phi) is 9.85. The number of esters is 1. The minimum Gasteiger partial charge on any atom is -0.481 e. The molecule has 0 saturated carbocycles. The smallest absolute Gasteiger partial charge is 0.341 e. The minimum atomic E-state index is -0.975. The molecule has 3 N–H and O–H groups in total. The molecule has 3 unspecified atom stereocenters. The lowest BCUT2D eigenvalue weighted by atomic mass is 9.82. The average molecular weight is 571 g/mol. The highest BCUT2D eigenvalue weighted by Crippen LogP contribution is 2.39. The lowest BCUT2D eigenvalue weighted by Gasteiger charge is -2.24. The van der Waals surface area contributed by atoms with Crippen LogP contribution in [0.25, 0.3) is 0 Å². The van der Waals surface area contributed by atoms with Crippen LogP contribution in [0.5, 0.6) is 0 Å². The van der Waals surface area contributed by atoms with E-state index in [1.54, 1.807) is 38.1 Å². The number of thiophene rings is 1. The molecule has 0 spiro atoms. The SMILES string of the molecule is CCOC(=O)c1c(NC(=O)C(C)Sc2cccc(NC(=O)C3CC=CCC3C(=O)O)c2)sc2c1CCCCC2. The Bertz CT molecular complexity index is 1270. The van der Waals surface area contributed by atoms with Crippen molar-refractivity contribution in [2.24, 2.45) is 11.8 Å². The van der Waals surface area contributed by atoms with Crippen LogP contribution >= 0.6 is 23.1 Å². The lowest BCUT2D eigenvalue weighted by Crippen LogP contribution is -2.34. The summed E-state index contributed by atoms with van der Waals surface area (Å²) in [4.78, 5) is 52.3. The number of carbonyl (C=O) groups is 4. The van der Waals surface area contributed by atoms with Crippen molar-refractivity contribution in [3.05, 3.63) is 52.4 Å². The van der Waals surface area contributed by atoms with Gasteiger partial charge in [-0.05, 0) is 76.1 Å². The van der Waals surface area contributed by atoms with E-state index in [-0.39, 0.29) is 18.4 Å². The lowest BCUT2D eigenvalue weighted by molar-refractivity contribution is -0.146. The second kappa shape index (κ2) is 13.3. The molecule has 4 rings (SSSR count). The van der Waals surface area contributed by atoms with Crippen LogP contribution in [0.3, 0.4) is 0 Å². The van der Waals surface area contributed by atoms with Gasteiger partial charge < -0.3 is 20.5 Å². The van der Waals surface area contributed by atoms with Crippen LogP contribution in [0.15, 0.2) is 41.3 Å². The second-order valence-electron chi connectivity index (χ2n) is 9.75. The molecule has 10 heteroatoms. The van der Waals surface area contributed by atoms with Crippen molar-refractivity contribution in [1.82, 2.24) is 0 Å². The number of carbonyl (C=O) groups excluding carboxylic acids is 3. The number of allylic oxidation sites excluding steroid dienone is 2. The van der Waals surface area contributed by atoms with Crippen LogP contribution in [-0.2, 0) is 32.0 Å². The molecule has 1 heterocycles. The van der Waals surface area contributed by atoms with Crippen LogP contribution in [0.2, 0.25) is 0 Å². The number of benzene rings is 1. The second-order valence-corrected chi connectivity index (χ2v) is 12.3. The van der Waals surface area contributed by atoms with Crippen LogP contribution in [0.4, 0.5) is 10.7 Å². The van der Waals surface area contributed by atoms with Gasteiger partial charge in [-0.25, -0.2) is 4.79 Å². The summed E-state index contributed by atoms with van der Waals surface area (Å²) in [7, 11) is 0. The summed E-state index contributed by atoms with van der Waals surface area (Å²) in [6.45, 7) is 3.83. The fourth-order valence-electron chi connectivity index (χ4n) is 4.98. The molecule has 2 aromatic rings. The number of carboxylic acids is 1. The van der Waals surface area contributed by atoms with E-state index in [0.29, 0.717) is 29.1 Å². The van der Waals surface area contributed by atoms with E-state index in [9.17, 15) is 24.3 Å². The number of fused-ring (bicyclic) bond motifs is 1. The number of ether oxygens (including phenoxy) is 1. The summed E-state index contributed by atoms with van der Waals surface area (Å²) < 4.78 is 5.32. The topological polar surface area (TPSA) is 122 Å². The Morgan fingerprint density at radius 3 is 2.56 bits per heavy atom. The number of amides is 2. The largest absolute Gasteiger partial charge is 0.481 e. The quantitative estimate of drug-likeness (QED) is 0.148. The number of aryl methyl sites for hydroxylation is 1. The molecule has 8 nitrogen and oxygen atoms in total. The molecule has 2 amide bonds. The van der Waals surface area contributed by atoms with Crippen molar-refractivity contribution in [2.75, 3.05) is 17.2 Å². The first-order valence-electron chi connectivity index (χ1n) is 13.4. The summed E-state index contributed by atoms with van der Waals surface area (Å²) in [6, 6.07) is 7.15. The van der Waals surface area contributed by atoms with Crippen LogP contribution < -0.4 is 10.6 Å². The van der Waals surface area contributed by atoms with Gasteiger partial charge in [0.1, 0.15) is 5.00 Å². The maximum atomic E-state index is 13.2. The molecule has 0 bridgehead atoms. The maximum absolute atomic E-state index is 13.2. The van der Waals surface area contributed by atoms with Gasteiger partial charge in [-0.2, -0.15) is 0 Å². The summed E-state index contributed by atoms with van der Waals surface area (Å²) in [5.41, 5.74) is 2.04. The molecule has 1 aromatic heterocycles. The van der Waals surface area contributed by atoms with Gasteiger partial charge in [0, 0.05) is 15.5 Å². The number of hydrogen-bond acceptors (Lipinski definition) is 7. The number of aliphatic carboxylic acids is 1. The number of carboxylic acid groups (broad SMARTS) is 1. The molecule has 3 atom stereocenters. The number of rotatable bonds is 9. The van der Waals surface area contributed by atoms with Gasteiger partial charge in [-0.15, -0.1) is 23.1 Å². The standard InChI is InChI=1S/C29H34N2O6S2/c1-3-37-29(36)24-22-14-5-4-6-15-23(22)39-27(24)31-25(32)17(2)38-19-11-9-10-18(16-19)30-26(33)20-12-7-8-13-21(20)28(34)35/h7-11,16-17,20-21H,3-6,12-15H2,1-2H3,(H,30,33)(H,31,32)(H,34,35). The van der Waals surface area contributed by atoms with Crippen molar-refractivity contribution in [2.45, 2.75) is 68.9 Å².